The minimum atomic E-state index is -4.69. The molecule has 44 heavy (non-hydrogen) atoms. The fraction of sp³-hybridized carbons (Fsp3) is 0.438. The predicted octanol–water partition coefficient (Wildman–Crippen LogP) is 5.03. The molecule has 2 N–H and O–H groups in total. The number of hydrogen-bond donors (Lipinski definition) is 2. The van der Waals surface area contributed by atoms with Crippen molar-refractivity contribution < 1.29 is 27.5 Å². The third-order valence-corrected chi connectivity index (χ3v) is 9.04. The van der Waals surface area contributed by atoms with Gasteiger partial charge in [-0.2, -0.15) is 13.2 Å². The molecule has 3 aliphatic rings. The van der Waals surface area contributed by atoms with Crippen molar-refractivity contribution in [2.24, 2.45) is 5.41 Å². The summed E-state index contributed by atoms with van der Waals surface area (Å²) in [6.45, 7) is 2.64. The van der Waals surface area contributed by atoms with Crippen molar-refractivity contribution >= 4 is 23.5 Å². The molecular weight excluding hydrogens is 573 g/mol. The molecule has 1 saturated heterocycles. The first-order valence-corrected chi connectivity index (χ1v) is 14.7. The van der Waals surface area contributed by atoms with E-state index in [1.165, 1.54) is 12.0 Å². The fourth-order valence-electron chi connectivity index (χ4n) is 6.87. The Balaban J connectivity index is 1.19. The highest BCUT2D eigenvalue weighted by molar-refractivity contribution is 5.99. The van der Waals surface area contributed by atoms with Crippen molar-refractivity contribution in [1.29, 1.82) is 0 Å². The SMILES string of the molecule is COc1cc(C(=O)NC2CCC3(CC2)CN(C)C3)ccc1Nc1ncc(C(F)(F)F)c(Cc2cccc3c2C(=O)N(C)C3)n1. The molecule has 0 atom stereocenters. The maximum absolute atomic E-state index is 14.0. The minimum absolute atomic E-state index is 0.0719. The number of halogens is 3. The van der Waals surface area contributed by atoms with Crippen LogP contribution in [0, 0.1) is 5.41 Å². The number of likely N-dealkylation sites (tertiary alicyclic amines) is 1. The van der Waals surface area contributed by atoms with Crippen LogP contribution in [0.25, 0.3) is 0 Å². The third kappa shape index (κ3) is 5.82. The van der Waals surface area contributed by atoms with Crippen LogP contribution in [0.5, 0.6) is 5.75 Å². The molecule has 0 bridgehead atoms. The number of methoxy groups -OCH3 is 1. The standard InChI is InChI=1S/C32H35F3N6O3/c1-40-17-31(18-40)11-9-22(10-12-31)37-28(42)20-7-8-24(26(14-20)44-3)38-30-36-15-23(32(33,34)35)25(39-30)13-19-5-4-6-21-16-41(2)29(43)27(19)21/h4-8,14-15,22H,9-13,16-18H2,1-3H3,(H,37,42)(H,36,38,39). The van der Waals surface area contributed by atoms with E-state index in [0.717, 1.165) is 50.5 Å². The molecule has 2 fully saturated rings. The van der Waals surface area contributed by atoms with Crippen molar-refractivity contribution in [3.8, 4) is 5.75 Å². The van der Waals surface area contributed by atoms with E-state index in [0.29, 0.717) is 40.1 Å². The maximum atomic E-state index is 14.0. The number of nitrogens with zero attached hydrogens (tertiary/aromatic N) is 4. The van der Waals surface area contributed by atoms with Gasteiger partial charge in [-0.05, 0) is 67.5 Å². The van der Waals surface area contributed by atoms with E-state index in [1.54, 1.807) is 43.4 Å². The summed E-state index contributed by atoms with van der Waals surface area (Å²) >= 11 is 0. The van der Waals surface area contributed by atoms with E-state index in [1.807, 2.05) is 0 Å². The zero-order valence-electron chi connectivity index (χ0n) is 24.9. The number of rotatable bonds is 7. The summed E-state index contributed by atoms with van der Waals surface area (Å²) in [5, 5.41) is 6.08. The van der Waals surface area contributed by atoms with E-state index < -0.39 is 11.7 Å². The average Bonchev–Trinajstić information content (AvgIpc) is 3.26. The lowest BCUT2D eigenvalue weighted by Crippen LogP contribution is -2.57. The average molecular weight is 609 g/mol. The molecule has 9 nitrogen and oxygen atoms in total. The lowest BCUT2D eigenvalue weighted by Gasteiger charge is -2.52. The number of anilines is 2. The van der Waals surface area contributed by atoms with Gasteiger partial charge in [0.2, 0.25) is 5.95 Å². The number of aromatic nitrogens is 2. The van der Waals surface area contributed by atoms with Crippen LogP contribution in [0.15, 0.2) is 42.6 Å². The lowest BCUT2D eigenvalue weighted by atomic mass is 9.67. The molecule has 12 heteroatoms. The first-order chi connectivity index (χ1) is 20.9. The molecule has 1 saturated carbocycles. The number of alkyl halides is 3. The van der Waals surface area contributed by atoms with Gasteiger partial charge in [0.05, 0.1) is 24.1 Å². The Hall–Kier alpha value is -4.19. The number of fused-ring (bicyclic) bond motifs is 1. The number of benzene rings is 2. The molecule has 2 aliphatic heterocycles. The van der Waals surface area contributed by atoms with Crippen molar-refractivity contribution in [2.45, 2.75) is 50.9 Å². The number of hydrogen-bond acceptors (Lipinski definition) is 7. The molecule has 1 aliphatic carbocycles. The summed E-state index contributed by atoms with van der Waals surface area (Å²) in [7, 11) is 5.23. The summed E-state index contributed by atoms with van der Waals surface area (Å²) in [5.41, 5.74) is 1.62. The number of ether oxygens (including phenoxy) is 1. The van der Waals surface area contributed by atoms with Gasteiger partial charge in [-0.15, -0.1) is 0 Å². The van der Waals surface area contributed by atoms with Crippen LogP contribution in [0.4, 0.5) is 24.8 Å². The Kier molecular flexibility index (Phi) is 7.73. The molecule has 3 heterocycles. The fourth-order valence-corrected chi connectivity index (χ4v) is 6.87. The van der Waals surface area contributed by atoms with E-state index >= 15 is 0 Å². The largest absolute Gasteiger partial charge is 0.495 e. The Bertz CT molecular complexity index is 1590. The van der Waals surface area contributed by atoms with Gasteiger partial charge >= 0.3 is 6.18 Å². The highest BCUT2D eigenvalue weighted by atomic mass is 19.4. The summed E-state index contributed by atoms with van der Waals surface area (Å²) in [6, 6.07) is 10.1. The smallest absolute Gasteiger partial charge is 0.419 e. The second-order valence-electron chi connectivity index (χ2n) is 12.3. The van der Waals surface area contributed by atoms with Crippen LogP contribution in [-0.4, -0.2) is 71.9 Å². The molecule has 232 valence electrons. The van der Waals surface area contributed by atoms with Crippen LogP contribution in [0.3, 0.4) is 0 Å². The predicted molar refractivity (Wildman–Crippen MR) is 158 cm³/mol. The zero-order chi connectivity index (χ0) is 31.2. The highest BCUT2D eigenvalue weighted by Crippen LogP contribution is 2.43. The molecule has 0 unspecified atom stereocenters. The second-order valence-corrected chi connectivity index (χ2v) is 12.3. The number of nitrogens with one attached hydrogen (secondary N) is 2. The molecule has 0 radical (unpaired) electrons. The Labute approximate surface area is 253 Å². The monoisotopic (exact) mass is 608 g/mol. The summed E-state index contributed by atoms with van der Waals surface area (Å²) in [4.78, 5) is 37.8. The molecular formula is C32H35F3N6O3. The van der Waals surface area contributed by atoms with Crippen LogP contribution in [0.1, 0.15) is 68.8 Å². The number of carbonyl (C=O) groups is 2. The summed E-state index contributed by atoms with van der Waals surface area (Å²) in [6.07, 6.45) is -0.0585. The number of carbonyl (C=O) groups excluding carboxylic acids is 2. The van der Waals surface area contributed by atoms with Gasteiger partial charge in [0.1, 0.15) is 5.75 Å². The maximum Gasteiger partial charge on any atom is 0.419 e. The van der Waals surface area contributed by atoms with Crippen LogP contribution < -0.4 is 15.4 Å². The number of amides is 2. The van der Waals surface area contributed by atoms with Crippen molar-refractivity contribution in [3.05, 3.63) is 76.1 Å². The third-order valence-electron chi connectivity index (χ3n) is 9.04. The molecule has 2 amide bonds. The quantitative estimate of drug-likeness (QED) is 0.388. The van der Waals surface area contributed by atoms with Gasteiger partial charge in [0.25, 0.3) is 11.8 Å². The molecule has 6 rings (SSSR count). The molecule has 2 aromatic carbocycles. The van der Waals surface area contributed by atoms with Gasteiger partial charge in [0, 0.05) is 56.5 Å². The van der Waals surface area contributed by atoms with Gasteiger partial charge in [-0.1, -0.05) is 18.2 Å². The Morgan fingerprint density at radius 1 is 1.14 bits per heavy atom. The Morgan fingerprint density at radius 2 is 1.89 bits per heavy atom. The van der Waals surface area contributed by atoms with Gasteiger partial charge in [-0.25, -0.2) is 9.97 Å². The van der Waals surface area contributed by atoms with Crippen molar-refractivity contribution in [3.63, 3.8) is 0 Å². The molecule has 1 spiro atoms. The van der Waals surface area contributed by atoms with Crippen LogP contribution in [-0.2, 0) is 19.1 Å². The van der Waals surface area contributed by atoms with E-state index in [-0.39, 0.29) is 35.9 Å². The molecule has 1 aromatic heterocycles. The summed E-state index contributed by atoms with van der Waals surface area (Å²) in [5.74, 6) is -0.191. The summed E-state index contributed by atoms with van der Waals surface area (Å²) < 4.78 is 47.4. The normalized spacial score (nSPS) is 18.2. The van der Waals surface area contributed by atoms with Crippen LogP contribution >= 0.6 is 0 Å². The van der Waals surface area contributed by atoms with Gasteiger partial charge in [0.15, 0.2) is 0 Å². The van der Waals surface area contributed by atoms with Crippen molar-refractivity contribution in [1.82, 2.24) is 25.1 Å². The van der Waals surface area contributed by atoms with E-state index in [4.69, 9.17) is 4.74 Å². The highest BCUT2D eigenvalue weighted by Gasteiger charge is 2.43. The zero-order valence-corrected chi connectivity index (χ0v) is 24.9. The van der Waals surface area contributed by atoms with Gasteiger partial charge < -0.3 is 25.2 Å². The Morgan fingerprint density at radius 3 is 2.57 bits per heavy atom. The first kappa shape index (κ1) is 29.9. The van der Waals surface area contributed by atoms with Crippen LogP contribution in [0.2, 0.25) is 0 Å². The second kappa shape index (κ2) is 11.4. The topological polar surface area (TPSA) is 99.7 Å². The van der Waals surface area contributed by atoms with Gasteiger partial charge in [-0.3, -0.25) is 9.59 Å². The van der Waals surface area contributed by atoms with E-state index in [9.17, 15) is 22.8 Å². The van der Waals surface area contributed by atoms with E-state index in [2.05, 4.69) is 32.5 Å². The lowest BCUT2D eigenvalue weighted by molar-refractivity contribution is -0.138. The molecule has 3 aromatic rings. The first-order valence-electron chi connectivity index (χ1n) is 14.7. The minimum Gasteiger partial charge on any atom is -0.495 e. The van der Waals surface area contributed by atoms with Crippen molar-refractivity contribution in [2.75, 3.05) is 39.6 Å².